The summed E-state index contributed by atoms with van der Waals surface area (Å²) in [5, 5.41) is 3.63. The largest absolute Gasteiger partial charge is 0.348 e. The molecule has 1 aliphatic rings. The Hall–Kier alpha value is -2.12. The molecule has 6 nitrogen and oxygen atoms in total. The first-order valence-corrected chi connectivity index (χ1v) is 11.3. The summed E-state index contributed by atoms with van der Waals surface area (Å²) in [6.45, 7) is 9.77. The maximum absolute atomic E-state index is 12.7. The lowest BCUT2D eigenvalue weighted by Crippen LogP contribution is -2.34. The molecule has 1 N–H and O–H groups in total. The maximum Gasteiger partial charge on any atom is 0.348 e. The highest BCUT2D eigenvalue weighted by molar-refractivity contribution is 8.00. The summed E-state index contributed by atoms with van der Waals surface area (Å²) in [6, 6.07) is 7.72. The van der Waals surface area contributed by atoms with Gasteiger partial charge in [0.2, 0.25) is 5.91 Å². The maximum atomic E-state index is 12.7. The van der Waals surface area contributed by atoms with Crippen molar-refractivity contribution in [1.82, 2.24) is 14.5 Å². The van der Waals surface area contributed by atoms with Crippen LogP contribution < -0.4 is 11.0 Å². The third-order valence-corrected chi connectivity index (χ3v) is 6.43. The van der Waals surface area contributed by atoms with Gasteiger partial charge in [0, 0.05) is 30.0 Å². The zero-order chi connectivity index (χ0) is 20.8. The first-order valence-electron chi connectivity index (χ1n) is 10.4. The summed E-state index contributed by atoms with van der Waals surface area (Å²) in [5.41, 5.74) is 4.00. The minimum Gasteiger partial charge on any atom is -0.325 e. The van der Waals surface area contributed by atoms with Crippen molar-refractivity contribution < 1.29 is 4.79 Å². The molecule has 1 aromatic heterocycles. The first-order chi connectivity index (χ1) is 14.0. The molecule has 0 saturated carbocycles. The number of carbonyl (C=O) groups is 1. The van der Waals surface area contributed by atoms with E-state index in [2.05, 4.69) is 29.0 Å². The minimum atomic E-state index is -0.195. The fraction of sp³-hybridized carbons (Fsp3) is 0.500. The highest BCUT2D eigenvalue weighted by atomic mass is 32.2. The summed E-state index contributed by atoms with van der Waals surface area (Å²) in [4.78, 5) is 31.6. The van der Waals surface area contributed by atoms with Crippen molar-refractivity contribution in [3.63, 3.8) is 0 Å². The molecule has 2 aromatic rings. The fourth-order valence-electron chi connectivity index (χ4n) is 3.69. The number of likely N-dealkylation sites (N-methyl/N-ethyl adjacent to an activating group) is 1. The second-order valence-corrected chi connectivity index (χ2v) is 8.32. The van der Waals surface area contributed by atoms with Gasteiger partial charge in [0.1, 0.15) is 5.03 Å². The fourth-order valence-corrected chi connectivity index (χ4v) is 4.56. The number of rotatable bonds is 9. The van der Waals surface area contributed by atoms with Gasteiger partial charge in [-0.15, -0.1) is 0 Å². The third kappa shape index (κ3) is 5.48. The van der Waals surface area contributed by atoms with E-state index in [1.165, 1.54) is 11.8 Å². The Kier molecular flexibility index (Phi) is 7.50. The molecule has 0 bridgehead atoms. The normalized spacial score (nSPS) is 13.0. The molecule has 0 fully saturated rings. The molecule has 0 saturated heterocycles. The Morgan fingerprint density at radius 2 is 1.93 bits per heavy atom. The van der Waals surface area contributed by atoms with Gasteiger partial charge in [-0.25, -0.2) is 4.79 Å². The van der Waals surface area contributed by atoms with Gasteiger partial charge in [0.05, 0.1) is 5.75 Å². The lowest BCUT2D eigenvalue weighted by atomic mass is 10.2. The van der Waals surface area contributed by atoms with E-state index in [1.807, 2.05) is 35.8 Å². The monoisotopic (exact) mass is 414 g/mol. The summed E-state index contributed by atoms with van der Waals surface area (Å²) in [7, 11) is 0. The molecule has 0 spiro atoms. The number of hydrogen-bond acceptors (Lipinski definition) is 5. The number of thioether (sulfide) groups is 1. The number of benzene rings is 1. The zero-order valence-corrected chi connectivity index (χ0v) is 18.3. The Bertz CT molecular complexity index is 904. The van der Waals surface area contributed by atoms with E-state index in [0.717, 1.165) is 66.4 Å². The molecule has 1 heterocycles. The van der Waals surface area contributed by atoms with Crippen molar-refractivity contribution in [2.75, 3.05) is 30.7 Å². The molecule has 7 heteroatoms. The average molecular weight is 415 g/mol. The molecule has 1 amide bonds. The topological polar surface area (TPSA) is 67.2 Å². The Morgan fingerprint density at radius 1 is 1.21 bits per heavy atom. The Morgan fingerprint density at radius 3 is 2.62 bits per heavy atom. The van der Waals surface area contributed by atoms with Crippen LogP contribution in [-0.4, -0.2) is 45.7 Å². The molecule has 0 atom stereocenters. The van der Waals surface area contributed by atoms with Crippen molar-refractivity contribution in [3.05, 3.63) is 51.6 Å². The quantitative estimate of drug-likeness (QED) is 0.504. The van der Waals surface area contributed by atoms with Crippen LogP contribution in [0.15, 0.2) is 34.1 Å². The van der Waals surface area contributed by atoms with Crippen LogP contribution in [0.3, 0.4) is 0 Å². The van der Waals surface area contributed by atoms with Gasteiger partial charge in [0.15, 0.2) is 0 Å². The van der Waals surface area contributed by atoms with Crippen LogP contribution in [0, 0.1) is 6.92 Å². The zero-order valence-electron chi connectivity index (χ0n) is 17.5. The molecule has 0 aliphatic heterocycles. The highest BCUT2D eigenvalue weighted by Gasteiger charge is 2.22. The van der Waals surface area contributed by atoms with Crippen molar-refractivity contribution in [3.8, 4) is 0 Å². The summed E-state index contributed by atoms with van der Waals surface area (Å²) >= 11 is 1.37. The number of amides is 1. The van der Waals surface area contributed by atoms with Gasteiger partial charge in [-0.1, -0.05) is 43.3 Å². The lowest BCUT2D eigenvalue weighted by molar-refractivity contribution is -0.113. The predicted octanol–water partition coefficient (Wildman–Crippen LogP) is 3.11. The molecular formula is C22H30N4O2S. The van der Waals surface area contributed by atoms with Gasteiger partial charge in [0.25, 0.3) is 0 Å². The van der Waals surface area contributed by atoms with E-state index < -0.39 is 0 Å². The van der Waals surface area contributed by atoms with E-state index in [4.69, 9.17) is 0 Å². The highest BCUT2D eigenvalue weighted by Crippen LogP contribution is 2.29. The van der Waals surface area contributed by atoms with E-state index in [1.54, 1.807) is 0 Å². The summed E-state index contributed by atoms with van der Waals surface area (Å²) in [5.74, 6) is 0.161. The Balaban J connectivity index is 1.68. The number of aryl methyl sites for hydroxylation is 1. The van der Waals surface area contributed by atoms with Crippen LogP contribution in [0.4, 0.5) is 5.69 Å². The van der Waals surface area contributed by atoms with Crippen molar-refractivity contribution in [1.29, 1.82) is 0 Å². The van der Waals surface area contributed by atoms with Crippen LogP contribution in [0.1, 0.15) is 37.1 Å². The van der Waals surface area contributed by atoms with Crippen molar-refractivity contribution in [2.24, 2.45) is 0 Å². The van der Waals surface area contributed by atoms with E-state index >= 15 is 0 Å². The number of nitrogens with zero attached hydrogens (tertiary/aromatic N) is 3. The second kappa shape index (κ2) is 10.1. The molecule has 156 valence electrons. The number of carbonyl (C=O) groups excluding carboxylic acids is 1. The standard InChI is InChI=1S/C22H30N4O2S/c1-4-25(5-2)13-14-26-19-8-6-7-18(19)21(24-22(26)28)29-15-20(27)23-17-11-9-16(3)10-12-17/h9-12H,4-8,13-15H2,1-3H3,(H,23,27). The van der Waals surface area contributed by atoms with Gasteiger partial charge < -0.3 is 10.2 Å². The number of aromatic nitrogens is 2. The van der Waals surface area contributed by atoms with Gasteiger partial charge in [-0.3, -0.25) is 9.36 Å². The van der Waals surface area contributed by atoms with Crippen LogP contribution >= 0.6 is 11.8 Å². The van der Waals surface area contributed by atoms with E-state index in [9.17, 15) is 9.59 Å². The van der Waals surface area contributed by atoms with Crippen molar-refractivity contribution in [2.45, 2.75) is 51.6 Å². The summed E-state index contributed by atoms with van der Waals surface area (Å²) in [6.07, 6.45) is 2.87. The average Bonchev–Trinajstić information content (AvgIpc) is 3.20. The van der Waals surface area contributed by atoms with Gasteiger partial charge in [-0.2, -0.15) is 4.98 Å². The lowest BCUT2D eigenvalue weighted by Gasteiger charge is -2.20. The minimum absolute atomic E-state index is 0.0851. The van der Waals surface area contributed by atoms with Gasteiger partial charge in [-0.05, 0) is 51.4 Å². The molecule has 0 unspecified atom stereocenters. The first kappa shape index (κ1) is 21.6. The Labute approximate surface area is 176 Å². The number of nitrogens with one attached hydrogen (secondary N) is 1. The van der Waals surface area contributed by atoms with Crippen LogP contribution in [0.2, 0.25) is 0 Å². The van der Waals surface area contributed by atoms with Crippen molar-refractivity contribution >= 4 is 23.4 Å². The second-order valence-electron chi connectivity index (χ2n) is 7.36. The smallest absolute Gasteiger partial charge is 0.325 e. The number of anilines is 1. The molecule has 3 rings (SSSR count). The third-order valence-electron chi connectivity index (χ3n) is 5.41. The molecule has 1 aromatic carbocycles. The number of hydrogen-bond donors (Lipinski definition) is 1. The van der Waals surface area contributed by atoms with Crippen LogP contribution in [0.25, 0.3) is 0 Å². The van der Waals surface area contributed by atoms with Crippen LogP contribution in [-0.2, 0) is 24.2 Å². The molecule has 1 aliphatic carbocycles. The molecule has 0 radical (unpaired) electrons. The number of fused-ring (bicyclic) bond motifs is 1. The SMILES string of the molecule is CCN(CC)CCn1c2c(c(SCC(=O)Nc3ccc(C)cc3)nc1=O)CCC2. The van der Waals surface area contributed by atoms with Gasteiger partial charge >= 0.3 is 5.69 Å². The summed E-state index contributed by atoms with van der Waals surface area (Å²) < 4.78 is 1.84. The van der Waals surface area contributed by atoms with E-state index in [-0.39, 0.29) is 17.3 Å². The van der Waals surface area contributed by atoms with E-state index in [0.29, 0.717) is 6.54 Å². The van der Waals surface area contributed by atoms with Crippen LogP contribution in [0.5, 0.6) is 0 Å². The molecule has 29 heavy (non-hydrogen) atoms. The molecular weight excluding hydrogens is 384 g/mol. The predicted molar refractivity (Wildman–Crippen MR) is 119 cm³/mol.